The van der Waals surface area contributed by atoms with Crippen LogP contribution in [0, 0.1) is 5.82 Å². The number of hydrogen-bond donors (Lipinski definition) is 2. The maximum absolute atomic E-state index is 13.0. The van der Waals surface area contributed by atoms with Gasteiger partial charge < -0.3 is 10.6 Å². The van der Waals surface area contributed by atoms with Crippen LogP contribution in [0.4, 0.5) is 9.18 Å². The largest absolute Gasteiger partial charge is 0.335 e. The van der Waals surface area contributed by atoms with Crippen molar-refractivity contribution < 1.29 is 9.18 Å². The van der Waals surface area contributed by atoms with Gasteiger partial charge in [-0.3, -0.25) is 0 Å². The highest BCUT2D eigenvalue weighted by atomic mass is 19.1. The highest BCUT2D eigenvalue weighted by molar-refractivity contribution is 5.75. The molecule has 8 heteroatoms. The van der Waals surface area contributed by atoms with Crippen molar-refractivity contribution in [3.05, 3.63) is 41.5 Å². The van der Waals surface area contributed by atoms with Crippen LogP contribution in [0.15, 0.2) is 24.3 Å². The molecule has 2 amide bonds. The van der Waals surface area contributed by atoms with Crippen molar-refractivity contribution >= 4 is 6.03 Å². The van der Waals surface area contributed by atoms with Crippen LogP contribution >= 0.6 is 0 Å². The van der Waals surface area contributed by atoms with Gasteiger partial charge in [0.1, 0.15) is 5.82 Å². The van der Waals surface area contributed by atoms with Crippen LogP contribution in [0.2, 0.25) is 0 Å². The summed E-state index contributed by atoms with van der Waals surface area (Å²) in [5, 5.41) is 17.6. The normalized spacial score (nSPS) is 23.6. The number of hydrogen-bond acceptors (Lipinski definition) is 4. The number of carbonyl (C=O) groups is 1. The van der Waals surface area contributed by atoms with Crippen LogP contribution < -0.4 is 10.6 Å². The predicted molar refractivity (Wildman–Crippen MR) is 83.7 cm³/mol. The van der Waals surface area contributed by atoms with Gasteiger partial charge in [0.05, 0.1) is 12.1 Å². The SMILES string of the molecule is CC(NC(=O)N[C@@H]1C[C@H]1c1ccc(F)cc1)c1nnnn1C1CC1. The lowest BCUT2D eigenvalue weighted by Crippen LogP contribution is -2.39. The molecule has 4 rings (SSSR count). The van der Waals surface area contributed by atoms with E-state index in [-0.39, 0.29) is 29.8 Å². The van der Waals surface area contributed by atoms with Gasteiger partial charge in [-0.2, -0.15) is 0 Å². The highest BCUT2D eigenvalue weighted by Crippen LogP contribution is 2.40. The van der Waals surface area contributed by atoms with Gasteiger partial charge in [0.2, 0.25) is 0 Å². The zero-order chi connectivity index (χ0) is 16.7. The molecule has 0 aliphatic heterocycles. The predicted octanol–water partition coefficient (Wildman–Crippen LogP) is 2.06. The van der Waals surface area contributed by atoms with E-state index in [9.17, 15) is 9.18 Å². The summed E-state index contributed by atoms with van der Waals surface area (Å²) in [4.78, 5) is 12.2. The summed E-state index contributed by atoms with van der Waals surface area (Å²) in [6, 6.07) is 6.40. The molecule has 1 aromatic carbocycles. The van der Waals surface area contributed by atoms with E-state index in [0.717, 1.165) is 24.8 Å². The molecule has 24 heavy (non-hydrogen) atoms. The number of halogens is 1. The number of urea groups is 1. The fraction of sp³-hybridized carbons (Fsp3) is 0.500. The van der Waals surface area contributed by atoms with E-state index in [2.05, 4.69) is 26.2 Å². The van der Waals surface area contributed by atoms with Crippen molar-refractivity contribution in [3.8, 4) is 0 Å². The maximum Gasteiger partial charge on any atom is 0.315 e. The third kappa shape index (κ3) is 3.08. The molecule has 2 aromatic rings. The molecule has 1 unspecified atom stereocenters. The Kier molecular flexibility index (Phi) is 3.66. The van der Waals surface area contributed by atoms with E-state index >= 15 is 0 Å². The smallest absolute Gasteiger partial charge is 0.315 e. The Morgan fingerprint density at radius 3 is 2.79 bits per heavy atom. The Labute approximate surface area is 138 Å². The van der Waals surface area contributed by atoms with Crippen molar-refractivity contribution in [3.63, 3.8) is 0 Å². The molecule has 1 heterocycles. The van der Waals surface area contributed by atoms with Crippen LogP contribution in [0.25, 0.3) is 0 Å². The van der Waals surface area contributed by atoms with Gasteiger partial charge in [-0.15, -0.1) is 5.10 Å². The molecular formula is C16H19FN6O. The van der Waals surface area contributed by atoms with Crippen molar-refractivity contribution in [2.75, 3.05) is 0 Å². The third-order valence-corrected chi connectivity index (χ3v) is 4.55. The summed E-state index contributed by atoms with van der Waals surface area (Å²) in [6.45, 7) is 1.87. The van der Waals surface area contributed by atoms with Crippen LogP contribution in [-0.4, -0.2) is 32.3 Å². The second kappa shape index (κ2) is 5.85. The van der Waals surface area contributed by atoms with Crippen LogP contribution in [0.5, 0.6) is 0 Å². The van der Waals surface area contributed by atoms with Crippen molar-refractivity contribution in [1.82, 2.24) is 30.8 Å². The van der Waals surface area contributed by atoms with Crippen molar-refractivity contribution in [1.29, 1.82) is 0 Å². The molecule has 3 atom stereocenters. The van der Waals surface area contributed by atoms with Crippen LogP contribution in [0.3, 0.4) is 0 Å². The molecule has 7 nitrogen and oxygen atoms in total. The molecule has 2 saturated carbocycles. The van der Waals surface area contributed by atoms with E-state index in [1.165, 1.54) is 12.1 Å². The molecule has 0 bridgehead atoms. The van der Waals surface area contributed by atoms with Gasteiger partial charge in [-0.1, -0.05) is 12.1 Å². The Bertz CT molecular complexity index is 741. The second-order valence-electron chi connectivity index (χ2n) is 6.55. The maximum atomic E-state index is 13.0. The second-order valence-corrected chi connectivity index (χ2v) is 6.55. The summed E-state index contributed by atoms with van der Waals surface area (Å²) in [5.74, 6) is 0.686. The standard InChI is InChI=1S/C16H19FN6O/c1-9(15-20-21-22-23(15)12-6-7-12)18-16(24)19-14-8-13(14)10-2-4-11(17)5-3-10/h2-5,9,12-14H,6-8H2,1H3,(H2,18,19,24)/t9?,13-,14+/m0/s1. The molecule has 2 aliphatic rings. The molecule has 2 fully saturated rings. The molecular weight excluding hydrogens is 311 g/mol. The van der Waals surface area contributed by atoms with E-state index in [1.807, 2.05) is 6.92 Å². The first-order valence-corrected chi connectivity index (χ1v) is 8.22. The minimum Gasteiger partial charge on any atom is -0.335 e. The number of rotatable bonds is 5. The van der Waals surface area contributed by atoms with Gasteiger partial charge in [0.15, 0.2) is 5.82 Å². The fourth-order valence-corrected chi connectivity index (χ4v) is 2.97. The average Bonchev–Trinajstić information content (AvgIpc) is 3.48. The number of tetrazole rings is 1. The first-order chi connectivity index (χ1) is 11.6. The zero-order valence-corrected chi connectivity index (χ0v) is 13.3. The molecule has 2 aliphatic carbocycles. The zero-order valence-electron chi connectivity index (χ0n) is 13.3. The molecule has 1 aromatic heterocycles. The van der Waals surface area contributed by atoms with Gasteiger partial charge >= 0.3 is 6.03 Å². The van der Waals surface area contributed by atoms with Gasteiger partial charge in [0, 0.05) is 12.0 Å². The lowest BCUT2D eigenvalue weighted by atomic mass is 10.1. The van der Waals surface area contributed by atoms with E-state index in [4.69, 9.17) is 0 Å². The van der Waals surface area contributed by atoms with E-state index in [0.29, 0.717) is 11.9 Å². The average molecular weight is 330 g/mol. The minimum atomic E-state index is -0.261. The van der Waals surface area contributed by atoms with E-state index in [1.54, 1.807) is 16.8 Å². The first-order valence-electron chi connectivity index (χ1n) is 8.22. The number of carbonyl (C=O) groups excluding carboxylic acids is 1. The lowest BCUT2D eigenvalue weighted by Gasteiger charge is -2.14. The Hall–Kier alpha value is -2.51. The third-order valence-electron chi connectivity index (χ3n) is 4.55. The minimum absolute atomic E-state index is 0.0853. The molecule has 2 N–H and O–H groups in total. The number of amides is 2. The highest BCUT2D eigenvalue weighted by Gasteiger charge is 2.39. The first kappa shape index (κ1) is 15.0. The monoisotopic (exact) mass is 330 g/mol. The van der Waals surface area contributed by atoms with Crippen molar-refractivity contribution in [2.45, 2.75) is 50.2 Å². The van der Waals surface area contributed by atoms with Gasteiger partial charge in [0.25, 0.3) is 0 Å². The molecule has 0 radical (unpaired) electrons. The molecule has 0 saturated heterocycles. The molecule has 0 spiro atoms. The van der Waals surface area contributed by atoms with Crippen LogP contribution in [0.1, 0.15) is 55.6 Å². The number of aromatic nitrogens is 4. The summed E-state index contributed by atoms with van der Waals surface area (Å²) in [5.41, 5.74) is 1.05. The van der Waals surface area contributed by atoms with Gasteiger partial charge in [-0.05, 0) is 54.3 Å². The van der Waals surface area contributed by atoms with Gasteiger partial charge in [-0.25, -0.2) is 13.9 Å². The Morgan fingerprint density at radius 1 is 1.33 bits per heavy atom. The number of nitrogens with zero attached hydrogens (tertiary/aromatic N) is 4. The molecule has 126 valence electrons. The Morgan fingerprint density at radius 2 is 2.08 bits per heavy atom. The van der Waals surface area contributed by atoms with E-state index < -0.39 is 0 Å². The van der Waals surface area contributed by atoms with Crippen LogP contribution in [-0.2, 0) is 0 Å². The summed E-state index contributed by atoms with van der Waals surface area (Å²) < 4.78 is 14.7. The summed E-state index contributed by atoms with van der Waals surface area (Å²) in [7, 11) is 0. The topological polar surface area (TPSA) is 84.7 Å². The fourth-order valence-electron chi connectivity index (χ4n) is 2.97. The Balaban J connectivity index is 1.31. The summed E-state index contributed by atoms with van der Waals surface area (Å²) in [6.07, 6.45) is 3.03. The summed E-state index contributed by atoms with van der Waals surface area (Å²) >= 11 is 0. The lowest BCUT2D eigenvalue weighted by molar-refractivity contribution is 0.236. The quantitative estimate of drug-likeness (QED) is 0.879. The van der Waals surface area contributed by atoms with Crippen molar-refractivity contribution in [2.24, 2.45) is 0 Å². The number of benzene rings is 1. The number of nitrogens with one attached hydrogen (secondary N) is 2.